The smallest absolute Gasteiger partial charge is 0.335 e. The fourth-order valence-electron chi connectivity index (χ4n) is 3.13. The highest BCUT2D eigenvalue weighted by Crippen LogP contribution is 2.32. The summed E-state index contributed by atoms with van der Waals surface area (Å²) in [4.78, 5) is 23.5. The van der Waals surface area contributed by atoms with Gasteiger partial charge in [-0.25, -0.2) is 4.79 Å². The van der Waals surface area contributed by atoms with Gasteiger partial charge >= 0.3 is 5.97 Å². The number of aromatic carboxylic acids is 1. The van der Waals surface area contributed by atoms with Crippen LogP contribution in [0.15, 0.2) is 48.5 Å². The van der Waals surface area contributed by atoms with E-state index in [1.807, 2.05) is 30.3 Å². The molecule has 0 fully saturated rings. The summed E-state index contributed by atoms with van der Waals surface area (Å²) in [5.41, 5.74) is 3.56. The minimum atomic E-state index is -0.943. The third-order valence-electron chi connectivity index (χ3n) is 4.22. The molecule has 0 atom stereocenters. The molecule has 0 spiro atoms. The van der Waals surface area contributed by atoms with Crippen molar-refractivity contribution in [2.75, 3.05) is 6.54 Å². The Bertz CT molecular complexity index is 956. The third-order valence-corrected chi connectivity index (χ3v) is 4.22. The Morgan fingerprint density at radius 3 is 2.65 bits per heavy atom. The monoisotopic (exact) mass is 306 g/mol. The van der Waals surface area contributed by atoms with Crippen molar-refractivity contribution >= 4 is 22.8 Å². The lowest BCUT2D eigenvalue weighted by atomic mass is 10.0. The van der Waals surface area contributed by atoms with Gasteiger partial charge in [-0.15, -0.1) is 0 Å². The molecule has 1 aliphatic heterocycles. The van der Waals surface area contributed by atoms with Gasteiger partial charge in [0.25, 0.3) is 5.91 Å². The molecule has 4 rings (SSSR count). The molecule has 3 aromatic rings. The van der Waals surface area contributed by atoms with Crippen LogP contribution in [0, 0.1) is 0 Å². The van der Waals surface area contributed by atoms with Crippen molar-refractivity contribution in [3.63, 3.8) is 0 Å². The Labute approximate surface area is 132 Å². The Balaban J connectivity index is 2.03. The topological polar surface area (TPSA) is 71.3 Å². The lowest BCUT2D eigenvalue weighted by molar-refractivity contribution is 0.0696. The molecule has 0 saturated heterocycles. The number of amides is 1. The van der Waals surface area contributed by atoms with E-state index in [0.29, 0.717) is 18.7 Å². The fourth-order valence-corrected chi connectivity index (χ4v) is 3.13. The van der Waals surface area contributed by atoms with Crippen LogP contribution in [0.2, 0.25) is 0 Å². The number of hydrogen-bond acceptors (Lipinski definition) is 2. The molecule has 23 heavy (non-hydrogen) atoms. The van der Waals surface area contributed by atoms with E-state index in [0.717, 1.165) is 22.2 Å². The summed E-state index contributed by atoms with van der Waals surface area (Å²) in [6.07, 6.45) is 0. The molecule has 5 nitrogen and oxygen atoms in total. The minimum Gasteiger partial charge on any atom is -0.478 e. The van der Waals surface area contributed by atoms with Crippen molar-refractivity contribution in [2.45, 2.75) is 6.54 Å². The molecule has 114 valence electrons. The molecule has 1 aliphatic rings. The number of fused-ring (bicyclic) bond motifs is 5. The molecule has 0 radical (unpaired) electrons. The van der Waals surface area contributed by atoms with E-state index in [1.165, 1.54) is 0 Å². The van der Waals surface area contributed by atoms with Crippen LogP contribution in [0.3, 0.4) is 0 Å². The van der Waals surface area contributed by atoms with E-state index in [2.05, 4.69) is 9.88 Å². The molecular formula is C18H14N2O3. The maximum atomic E-state index is 12.2. The minimum absolute atomic E-state index is 0.0802. The van der Waals surface area contributed by atoms with Crippen LogP contribution in [0.4, 0.5) is 0 Å². The van der Waals surface area contributed by atoms with Crippen LogP contribution < -0.4 is 5.32 Å². The van der Waals surface area contributed by atoms with Crippen molar-refractivity contribution in [1.29, 1.82) is 0 Å². The van der Waals surface area contributed by atoms with E-state index >= 15 is 0 Å². The van der Waals surface area contributed by atoms with Gasteiger partial charge in [0.15, 0.2) is 0 Å². The normalized spacial score (nSPS) is 13.7. The number of nitrogens with one attached hydrogen (secondary N) is 1. The van der Waals surface area contributed by atoms with Crippen molar-refractivity contribution in [2.24, 2.45) is 0 Å². The van der Waals surface area contributed by atoms with Crippen LogP contribution >= 0.6 is 0 Å². The van der Waals surface area contributed by atoms with Crippen LogP contribution in [0.5, 0.6) is 0 Å². The van der Waals surface area contributed by atoms with Crippen LogP contribution in [0.25, 0.3) is 22.2 Å². The summed E-state index contributed by atoms with van der Waals surface area (Å²) in [7, 11) is 0. The lowest BCUT2D eigenvalue weighted by Gasteiger charge is -2.18. The van der Waals surface area contributed by atoms with Gasteiger partial charge in [-0.1, -0.05) is 24.3 Å². The van der Waals surface area contributed by atoms with Crippen molar-refractivity contribution in [3.8, 4) is 11.3 Å². The number of rotatable bonds is 1. The third kappa shape index (κ3) is 2.09. The SMILES string of the molecule is O=C(O)c1ccc2cc3n(c2c1)CCNC(=O)c1ccccc1-3. The van der Waals surface area contributed by atoms with Gasteiger partial charge in [0.2, 0.25) is 0 Å². The molecule has 0 saturated carbocycles. The highest BCUT2D eigenvalue weighted by Gasteiger charge is 2.20. The first kappa shape index (κ1) is 13.6. The predicted octanol–water partition coefficient (Wildman–Crippen LogP) is 2.75. The summed E-state index contributed by atoms with van der Waals surface area (Å²) in [6, 6.07) is 14.6. The second-order valence-corrected chi connectivity index (χ2v) is 5.56. The zero-order valence-corrected chi connectivity index (χ0v) is 12.2. The van der Waals surface area contributed by atoms with Crippen molar-refractivity contribution in [3.05, 3.63) is 59.7 Å². The van der Waals surface area contributed by atoms with Gasteiger partial charge in [0, 0.05) is 40.8 Å². The zero-order chi connectivity index (χ0) is 16.0. The number of benzene rings is 2. The van der Waals surface area contributed by atoms with E-state index in [1.54, 1.807) is 18.2 Å². The van der Waals surface area contributed by atoms with E-state index < -0.39 is 5.97 Å². The Kier molecular flexibility index (Phi) is 2.94. The maximum Gasteiger partial charge on any atom is 0.335 e. The molecular weight excluding hydrogens is 292 g/mol. The second-order valence-electron chi connectivity index (χ2n) is 5.56. The summed E-state index contributed by atoms with van der Waals surface area (Å²) in [5, 5.41) is 13.1. The molecule has 2 heterocycles. The molecule has 2 N–H and O–H groups in total. The van der Waals surface area contributed by atoms with Crippen LogP contribution in [-0.4, -0.2) is 28.1 Å². The summed E-state index contributed by atoms with van der Waals surface area (Å²) < 4.78 is 2.07. The second kappa shape index (κ2) is 4.98. The Hall–Kier alpha value is -3.08. The van der Waals surface area contributed by atoms with Gasteiger partial charge in [-0.2, -0.15) is 0 Å². The summed E-state index contributed by atoms with van der Waals surface area (Å²) >= 11 is 0. The zero-order valence-electron chi connectivity index (χ0n) is 12.2. The number of carboxylic acid groups (broad SMARTS) is 1. The molecule has 5 heteroatoms. The molecule has 1 aromatic heterocycles. The first-order valence-corrected chi connectivity index (χ1v) is 7.39. The summed E-state index contributed by atoms with van der Waals surface area (Å²) in [5.74, 6) is -1.02. The largest absolute Gasteiger partial charge is 0.478 e. The van der Waals surface area contributed by atoms with Gasteiger partial charge < -0.3 is 15.0 Å². The van der Waals surface area contributed by atoms with Gasteiger partial charge in [0.05, 0.1) is 5.56 Å². The van der Waals surface area contributed by atoms with Gasteiger partial charge in [-0.3, -0.25) is 4.79 Å². The van der Waals surface area contributed by atoms with Gasteiger partial charge in [-0.05, 0) is 24.3 Å². The number of nitrogens with zero attached hydrogens (tertiary/aromatic N) is 1. The molecule has 2 aromatic carbocycles. The average molecular weight is 306 g/mol. The highest BCUT2D eigenvalue weighted by molar-refractivity contribution is 6.03. The molecule has 0 unspecified atom stereocenters. The first-order valence-electron chi connectivity index (χ1n) is 7.39. The van der Waals surface area contributed by atoms with Crippen LogP contribution in [-0.2, 0) is 6.54 Å². The fraction of sp³-hybridized carbons (Fsp3) is 0.111. The maximum absolute atomic E-state index is 12.2. The lowest BCUT2D eigenvalue weighted by Crippen LogP contribution is -2.29. The molecule has 0 bridgehead atoms. The van der Waals surface area contributed by atoms with E-state index in [4.69, 9.17) is 0 Å². The number of carbonyl (C=O) groups excluding carboxylic acids is 1. The summed E-state index contributed by atoms with van der Waals surface area (Å²) in [6.45, 7) is 1.10. The number of aromatic nitrogens is 1. The number of carbonyl (C=O) groups is 2. The average Bonchev–Trinajstić information content (AvgIpc) is 2.91. The number of hydrogen-bond donors (Lipinski definition) is 2. The Morgan fingerprint density at radius 1 is 1.09 bits per heavy atom. The van der Waals surface area contributed by atoms with Crippen molar-refractivity contribution in [1.82, 2.24) is 9.88 Å². The van der Waals surface area contributed by atoms with Crippen molar-refractivity contribution < 1.29 is 14.7 Å². The Morgan fingerprint density at radius 2 is 1.87 bits per heavy atom. The van der Waals surface area contributed by atoms with E-state index in [9.17, 15) is 14.7 Å². The van der Waals surface area contributed by atoms with Gasteiger partial charge in [0.1, 0.15) is 0 Å². The standard InChI is InChI=1S/C18H14N2O3/c21-17-14-4-2-1-3-13(14)16-9-11-5-6-12(18(22)23)10-15(11)20(16)8-7-19-17/h1-6,9-10H,7-8H2,(H,19,21)(H,22,23). The molecule has 1 amide bonds. The predicted molar refractivity (Wildman–Crippen MR) is 86.7 cm³/mol. The first-order chi connectivity index (χ1) is 11.1. The highest BCUT2D eigenvalue weighted by atomic mass is 16.4. The number of carboxylic acids is 1. The molecule has 0 aliphatic carbocycles. The van der Waals surface area contributed by atoms with Crippen LogP contribution in [0.1, 0.15) is 20.7 Å². The quantitative estimate of drug-likeness (QED) is 0.726. The van der Waals surface area contributed by atoms with E-state index in [-0.39, 0.29) is 11.5 Å².